The van der Waals surface area contributed by atoms with Crippen molar-refractivity contribution in [2.75, 3.05) is 23.4 Å². The predicted octanol–water partition coefficient (Wildman–Crippen LogP) is 3.06. The number of ether oxygens (including phenoxy) is 1. The lowest BCUT2D eigenvalue weighted by atomic mass is 10.1. The molecule has 0 bridgehead atoms. The van der Waals surface area contributed by atoms with Gasteiger partial charge in [-0.2, -0.15) is 0 Å². The highest BCUT2D eigenvalue weighted by Crippen LogP contribution is 2.29. The molecular formula is C21H20F2N2O4. The lowest BCUT2D eigenvalue weighted by molar-refractivity contribution is -0.151. The van der Waals surface area contributed by atoms with E-state index >= 15 is 0 Å². The molecule has 1 fully saturated rings. The summed E-state index contributed by atoms with van der Waals surface area (Å²) in [5, 5.41) is 2.04. The van der Waals surface area contributed by atoms with Crippen molar-refractivity contribution in [2.45, 2.75) is 19.8 Å². The van der Waals surface area contributed by atoms with Crippen molar-refractivity contribution < 1.29 is 27.9 Å². The third kappa shape index (κ3) is 4.59. The number of esters is 1. The van der Waals surface area contributed by atoms with Crippen molar-refractivity contribution in [1.29, 1.82) is 0 Å². The average Bonchev–Trinajstić information content (AvgIpc) is 3.10. The Morgan fingerprint density at radius 1 is 1.14 bits per heavy atom. The summed E-state index contributed by atoms with van der Waals surface area (Å²) >= 11 is 0. The second kappa shape index (κ2) is 8.81. The van der Waals surface area contributed by atoms with Crippen LogP contribution in [0.2, 0.25) is 0 Å². The fourth-order valence-corrected chi connectivity index (χ4v) is 3.22. The third-order valence-electron chi connectivity index (χ3n) is 4.69. The van der Waals surface area contributed by atoms with E-state index in [4.69, 9.17) is 4.74 Å². The SMILES string of the molecule is CCc1ccccc1N1C[C@H](C(=O)OCC(=O)Nc2c(F)cccc2F)CC1=O. The van der Waals surface area contributed by atoms with Gasteiger partial charge in [-0.1, -0.05) is 31.2 Å². The Balaban J connectivity index is 1.58. The van der Waals surface area contributed by atoms with Crippen molar-refractivity contribution >= 4 is 29.2 Å². The molecule has 0 aliphatic carbocycles. The number of hydrogen-bond donors (Lipinski definition) is 1. The van der Waals surface area contributed by atoms with Gasteiger partial charge in [-0.25, -0.2) is 8.78 Å². The van der Waals surface area contributed by atoms with E-state index in [0.29, 0.717) is 0 Å². The molecule has 6 nitrogen and oxygen atoms in total. The van der Waals surface area contributed by atoms with Crippen LogP contribution in [0.25, 0.3) is 0 Å². The molecule has 2 aromatic carbocycles. The number of benzene rings is 2. The Morgan fingerprint density at radius 3 is 2.52 bits per heavy atom. The Morgan fingerprint density at radius 2 is 1.83 bits per heavy atom. The first-order valence-electron chi connectivity index (χ1n) is 9.19. The van der Waals surface area contributed by atoms with Gasteiger partial charge in [-0.3, -0.25) is 14.4 Å². The van der Waals surface area contributed by atoms with E-state index in [1.165, 1.54) is 6.07 Å². The molecule has 29 heavy (non-hydrogen) atoms. The number of carbonyl (C=O) groups is 3. The van der Waals surface area contributed by atoms with E-state index in [1.807, 2.05) is 36.5 Å². The van der Waals surface area contributed by atoms with Gasteiger partial charge in [-0.15, -0.1) is 0 Å². The molecule has 3 rings (SSSR count). The van der Waals surface area contributed by atoms with Crippen molar-refractivity contribution in [3.63, 3.8) is 0 Å². The van der Waals surface area contributed by atoms with Gasteiger partial charge in [0.05, 0.1) is 5.92 Å². The third-order valence-corrected chi connectivity index (χ3v) is 4.69. The monoisotopic (exact) mass is 402 g/mol. The molecule has 152 valence electrons. The number of halogens is 2. The molecule has 1 aliphatic rings. The van der Waals surface area contributed by atoms with Gasteiger partial charge in [0.25, 0.3) is 5.91 Å². The van der Waals surface area contributed by atoms with Crippen LogP contribution in [-0.2, 0) is 25.5 Å². The molecule has 1 heterocycles. The first-order chi connectivity index (χ1) is 13.9. The summed E-state index contributed by atoms with van der Waals surface area (Å²) < 4.78 is 32.1. The average molecular weight is 402 g/mol. The normalized spacial score (nSPS) is 16.0. The van der Waals surface area contributed by atoms with Crippen LogP contribution in [0.15, 0.2) is 42.5 Å². The fourth-order valence-electron chi connectivity index (χ4n) is 3.22. The summed E-state index contributed by atoms with van der Waals surface area (Å²) in [6, 6.07) is 10.6. The molecule has 8 heteroatoms. The van der Waals surface area contributed by atoms with E-state index in [-0.39, 0.29) is 18.9 Å². The predicted molar refractivity (Wildman–Crippen MR) is 102 cm³/mol. The summed E-state index contributed by atoms with van der Waals surface area (Å²) in [7, 11) is 0. The molecule has 0 unspecified atom stereocenters. The minimum absolute atomic E-state index is 0.0273. The quantitative estimate of drug-likeness (QED) is 0.754. The van der Waals surface area contributed by atoms with Crippen LogP contribution < -0.4 is 10.2 Å². The Labute approximate surface area is 166 Å². The first-order valence-corrected chi connectivity index (χ1v) is 9.19. The maximum atomic E-state index is 13.6. The number of nitrogens with zero attached hydrogens (tertiary/aromatic N) is 1. The lowest BCUT2D eigenvalue weighted by Gasteiger charge is -2.19. The van der Waals surface area contributed by atoms with E-state index < -0.39 is 41.7 Å². The van der Waals surface area contributed by atoms with Gasteiger partial charge < -0.3 is 15.0 Å². The second-order valence-electron chi connectivity index (χ2n) is 6.64. The fraction of sp³-hybridized carbons (Fsp3) is 0.286. The van der Waals surface area contributed by atoms with Gasteiger partial charge in [0, 0.05) is 18.7 Å². The standard InChI is InChI=1S/C21H20F2N2O4/c1-2-13-6-3-4-9-17(13)25-11-14(10-19(25)27)21(28)29-12-18(26)24-20-15(22)7-5-8-16(20)23/h3-9,14H,2,10-12H2,1H3,(H,24,26)/t14-/m1/s1. The van der Waals surface area contributed by atoms with Crippen molar-refractivity contribution in [3.8, 4) is 0 Å². The smallest absolute Gasteiger partial charge is 0.311 e. The van der Waals surface area contributed by atoms with Gasteiger partial charge in [-0.05, 0) is 30.2 Å². The number of anilines is 2. The Bertz CT molecular complexity index is 928. The molecule has 2 aromatic rings. The highest BCUT2D eigenvalue weighted by Gasteiger charge is 2.37. The van der Waals surface area contributed by atoms with E-state index in [2.05, 4.69) is 0 Å². The Hall–Kier alpha value is -3.29. The van der Waals surface area contributed by atoms with Gasteiger partial charge >= 0.3 is 5.97 Å². The van der Waals surface area contributed by atoms with Crippen LogP contribution in [-0.4, -0.2) is 30.9 Å². The lowest BCUT2D eigenvalue weighted by Crippen LogP contribution is -2.29. The van der Waals surface area contributed by atoms with Crippen molar-refractivity contribution in [2.24, 2.45) is 5.92 Å². The minimum atomic E-state index is -0.934. The number of amides is 2. The van der Waals surface area contributed by atoms with E-state index in [1.54, 1.807) is 4.90 Å². The van der Waals surface area contributed by atoms with Crippen LogP contribution in [0, 0.1) is 17.6 Å². The van der Waals surface area contributed by atoms with Crippen LogP contribution >= 0.6 is 0 Å². The first kappa shape index (κ1) is 20.4. The van der Waals surface area contributed by atoms with Gasteiger partial charge in [0.15, 0.2) is 6.61 Å². The Kier molecular flexibility index (Phi) is 6.21. The maximum absolute atomic E-state index is 13.6. The van der Waals surface area contributed by atoms with Crippen molar-refractivity contribution in [3.05, 3.63) is 59.7 Å². The topological polar surface area (TPSA) is 75.7 Å². The highest BCUT2D eigenvalue weighted by molar-refractivity contribution is 6.00. The second-order valence-corrected chi connectivity index (χ2v) is 6.64. The number of hydrogen-bond acceptors (Lipinski definition) is 4. The molecule has 0 aromatic heterocycles. The largest absolute Gasteiger partial charge is 0.455 e. The summed E-state index contributed by atoms with van der Waals surface area (Å²) in [6.45, 7) is 1.42. The van der Waals surface area contributed by atoms with Crippen LogP contribution in [0.5, 0.6) is 0 Å². The number of carbonyl (C=O) groups excluding carboxylic acids is 3. The zero-order chi connectivity index (χ0) is 21.0. The molecule has 0 spiro atoms. The number of nitrogens with one attached hydrogen (secondary N) is 1. The minimum Gasteiger partial charge on any atom is -0.455 e. The van der Waals surface area contributed by atoms with Crippen LogP contribution in [0.1, 0.15) is 18.9 Å². The number of rotatable bonds is 6. The molecular weight excluding hydrogens is 382 g/mol. The number of para-hydroxylation sites is 2. The van der Waals surface area contributed by atoms with E-state index in [9.17, 15) is 23.2 Å². The molecule has 2 amide bonds. The zero-order valence-corrected chi connectivity index (χ0v) is 15.8. The van der Waals surface area contributed by atoms with Gasteiger partial charge in [0.1, 0.15) is 17.3 Å². The van der Waals surface area contributed by atoms with Crippen LogP contribution in [0.4, 0.5) is 20.2 Å². The summed E-state index contributed by atoms with van der Waals surface area (Å²) in [5.74, 6) is -4.37. The maximum Gasteiger partial charge on any atom is 0.311 e. The summed E-state index contributed by atoms with van der Waals surface area (Å²) in [4.78, 5) is 38.1. The van der Waals surface area contributed by atoms with Crippen LogP contribution in [0.3, 0.4) is 0 Å². The molecule has 0 saturated carbocycles. The number of aryl methyl sites for hydroxylation is 1. The molecule has 1 N–H and O–H groups in total. The zero-order valence-electron chi connectivity index (χ0n) is 15.8. The molecule has 1 atom stereocenters. The summed E-state index contributed by atoms with van der Waals surface area (Å²) in [5.41, 5.74) is 1.14. The van der Waals surface area contributed by atoms with Crippen molar-refractivity contribution in [1.82, 2.24) is 0 Å². The molecule has 1 saturated heterocycles. The highest BCUT2D eigenvalue weighted by atomic mass is 19.1. The van der Waals surface area contributed by atoms with E-state index in [0.717, 1.165) is 29.8 Å². The molecule has 0 radical (unpaired) electrons. The van der Waals surface area contributed by atoms with Gasteiger partial charge in [0.2, 0.25) is 5.91 Å². The summed E-state index contributed by atoms with van der Waals surface area (Å²) in [6.07, 6.45) is 0.711. The molecule has 1 aliphatic heterocycles.